The van der Waals surface area contributed by atoms with Crippen molar-refractivity contribution in [1.82, 2.24) is 0 Å². The number of rotatable bonds is 5. The van der Waals surface area contributed by atoms with Crippen molar-refractivity contribution < 1.29 is 9.84 Å². The first-order valence-electron chi connectivity index (χ1n) is 10.8. The van der Waals surface area contributed by atoms with E-state index in [2.05, 4.69) is 43.3 Å². The highest BCUT2D eigenvalue weighted by Crippen LogP contribution is 2.26. The second-order valence-corrected chi connectivity index (χ2v) is 6.41. The SMILES string of the molecule is C#C.CC.CC/C(=C\c1ccc(O)cc1C)c1ccc(OC)cc1.CNc1ccccc1. The van der Waals surface area contributed by atoms with E-state index in [9.17, 15) is 5.11 Å². The zero-order chi connectivity index (χ0) is 24.4. The molecule has 0 aliphatic heterocycles. The van der Waals surface area contributed by atoms with Gasteiger partial charge in [-0.3, -0.25) is 0 Å². The Hall–Kier alpha value is -3.64. The van der Waals surface area contributed by atoms with Gasteiger partial charge in [-0.25, -0.2) is 0 Å². The minimum Gasteiger partial charge on any atom is -0.508 e. The van der Waals surface area contributed by atoms with Crippen LogP contribution in [0.1, 0.15) is 43.9 Å². The van der Waals surface area contributed by atoms with E-state index in [-0.39, 0.29) is 0 Å². The van der Waals surface area contributed by atoms with Gasteiger partial charge in [0.15, 0.2) is 0 Å². The van der Waals surface area contributed by atoms with Gasteiger partial charge < -0.3 is 15.2 Å². The van der Waals surface area contributed by atoms with Crippen molar-refractivity contribution in [3.63, 3.8) is 0 Å². The topological polar surface area (TPSA) is 41.5 Å². The zero-order valence-corrected chi connectivity index (χ0v) is 20.2. The van der Waals surface area contributed by atoms with Crippen LogP contribution < -0.4 is 10.1 Å². The van der Waals surface area contributed by atoms with E-state index < -0.39 is 0 Å². The van der Waals surface area contributed by atoms with Crippen molar-refractivity contribution in [2.75, 3.05) is 19.5 Å². The van der Waals surface area contributed by atoms with Crippen LogP contribution in [0, 0.1) is 19.8 Å². The van der Waals surface area contributed by atoms with Crippen LogP contribution in [0.4, 0.5) is 5.69 Å². The molecule has 0 spiro atoms. The summed E-state index contributed by atoms with van der Waals surface area (Å²) in [6.45, 7) is 8.15. The second-order valence-electron chi connectivity index (χ2n) is 6.41. The standard InChI is InChI=1S/C18H20O2.C7H9N.C2H6.C2H2/c1-4-14(15-6-9-18(20-3)10-7-15)12-16-5-8-17(19)11-13(16)2;1-8-7-5-3-2-4-6-7;2*1-2/h5-12,19H,4H2,1-3H3;2-6,8H,1H3;1-2H3;1-2H/b14-12+;;;. The first-order chi connectivity index (χ1) is 15.6. The molecule has 0 unspecified atom stereocenters. The molecule has 3 aromatic carbocycles. The Labute approximate surface area is 194 Å². The molecule has 3 rings (SSSR count). The summed E-state index contributed by atoms with van der Waals surface area (Å²) in [5, 5.41) is 12.5. The predicted molar refractivity (Wildman–Crippen MR) is 141 cm³/mol. The number of aromatic hydroxyl groups is 1. The number of methoxy groups -OCH3 is 1. The fraction of sp³-hybridized carbons (Fsp3) is 0.241. The van der Waals surface area contributed by atoms with Crippen LogP contribution >= 0.6 is 0 Å². The van der Waals surface area contributed by atoms with Crippen LogP contribution in [0.5, 0.6) is 11.5 Å². The molecule has 0 heterocycles. The summed E-state index contributed by atoms with van der Waals surface area (Å²) >= 11 is 0. The van der Waals surface area contributed by atoms with Crippen molar-refractivity contribution in [1.29, 1.82) is 0 Å². The molecular weight excluding hydrogens is 394 g/mol. The number of nitrogens with one attached hydrogen (secondary N) is 1. The Bertz CT molecular complexity index is 926. The molecule has 0 saturated carbocycles. The summed E-state index contributed by atoms with van der Waals surface area (Å²) in [6, 6.07) is 23.6. The average molecular weight is 432 g/mol. The summed E-state index contributed by atoms with van der Waals surface area (Å²) < 4.78 is 5.19. The lowest BCUT2D eigenvalue weighted by molar-refractivity contribution is 0.415. The monoisotopic (exact) mass is 431 g/mol. The van der Waals surface area contributed by atoms with E-state index >= 15 is 0 Å². The first-order valence-corrected chi connectivity index (χ1v) is 10.8. The molecule has 0 bridgehead atoms. The Morgan fingerprint density at radius 1 is 0.969 bits per heavy atom. The highest BCUT2D eigenvalue weighted by atomic mass is 16.5. The predicted octanol–water partition coefficient (Wildman–Crippen LogP) is 7.66. The normalized spacial score (nSPS) is 9.56. The number of aryl methyl sites for hydroxylation is 1. The van der Waals surface area contributed by atoms with Crippen LogP contribution in [-0.2, 0) is 0 Å². The third kappa shape index (κ3) is 9.91. The van der Waals surface area contributed by atoms with E-state index in [1.54, 1.807) is 19.2 Å². The fourth-order valence-electron chi connectivity index (χ4n) is 2.81. The van der Waals surface area contributed by atoms with Gasteiger partial charge in [-0.15, -0.1) is 12.8 Å². The van der Waals surface area contributed by atoms with Gasteiger partial charge in [-0.2, -0.15) is 0 Å². The number of terminal acetylenes is 1. The third-order valence-electron chi connectivity index (χ3n) is 4.49. The summed E-state index contributed by atoms with van der Waals surface area (Å²) in [5.41, 5.74) is 5.83. The lowest BCUT2D eigenvalue weighted by atomic mass is 9.98. The Morgan fingerprint density at radius 3 is 2.00 bits per heavy atom. The van der Waals surface area contributed by atoms with Gasteiger partial charge in [0, 0.05) is 12.7 Å². The number of para-hydroxylation sites is 1. The molecule has 0 saturated heterocycles. The molecule has 0 aliphatic rings. The molecule has 0 aliphatic carbocycles. The Kier molecular flexibility index (Phi) is 15.1. The Morgan fingerprint density at radius 2 is 1.56 bits per heavy atom. The molecule has 0 fully saturated rings. The Balaban J connectivity index is 0.000000666. The number of allylic oxidation sites excluding steroid dienone is 1. The lowest BCUT2D eigenvalue weighted by Crippen LogP contribution is -1.87. The first kappa shape index (κ1) is 28.4. The lowest BCUT2D eigenvalue weighted by Gasteiger charge is -2.08. The molecule has 0 atom stereocenters. The summed E-state index contributed by atoms with van der Waals surface area (Å²) in [4.78, 5) is 0. The van der Waals surface area contributed by atoms with Crippen LogP contribution in [0.3, 0.4) is 0 Å². The van der Waals surface area contributed by atoms with E-state index in [0.717, 1.165) is 29.0 Å². The molecule has 32 heavy (non-hydrogen) atoms. The largest absolute Gasteiger partial charge is 0.508 e. The number of phenols is 1. The summed E-state index contributed by atoms with van der Waals surface area (Å²) in [6.07, 6.45) is 11.1. The molecule has 0 amide bonds. The number of hydrogen-bond donors (Lipinski definition) is 2. The van der Waals surface area contributed by atoms with Gasteiger partial charge in [-0.1, -0.05) is 63.2 Å². The van der Waals surface area contributed by atoms with Gasteiger partial charge in [0.2, 0.25) is 0 Å². The number of hydrogen-bond acceptors (Lipinski definition) is 3. The van der Waals surface area contributed by atoms with Crippen molar-refractivity contribution in [3.05, 3.63) is 89.5 Å². The molecule has 3 nitrogen and oxygen atoms in total. The third-order valence-corrected chi connectivity index (χ3v) is 4.49. The van der Waals surface area contributed by atoms with Crippen molar-refractivity contribution in [2.45, 2.75) is 34.1 Å². The summed E-state index contributed by atoms with van der Waals surface area (Å²) in [5.74, 6) is 1.17. The van der Waals surface area contributed by atoms with Crippen LogP contribution in [0.25, 0.3) is 11.6 Å². The second kappa shape index (κ2) is 17.1. The molecule has 3 heteroatoms. The minimum absolute atomic E-state index is 0.308. The van der Waals surface area contributed by atoms with Gasteiger partial charge in [0.25, 0.3) is 0 Å². The quantitative estimate of drug-likeness (QED) is 0.322. The van der Waals surface area contributed by atoms with Gasteiger partial charge in [0.1, 0.15) is 11.5 Å². The van der Waals surface area contributed by atoms with Gasteiger partial charge in [-0.05, 0) is 72.0 Å². The van der Waals surface area contributed by atoms with Crippen molar-refractivity contribution >= 4 is 17.3 Å². The summed E-state index contributed by atoms with van der Waals surface area (Å²) in [7, 11) is 3.58. The highest BCUT2D eigenvalue weighted by molar-refractivity contribution is 5.82. The van der Waals surface area contributed by atoms with Gasteiger partial charge >= 0.3 is 0 Å². The highest BCUT2D eigenvalue weighted by Gasteiger charge is 2.03. The minimum atomic E-state index is 0.308. The zero-order valence-electron chi connectivity index (χ0n) is 20.2. The van der Waals surface area contributed by atoms with Crippen LogP contribution in [0.15, 0.2) is 72.8 Å². The number of ether oxygens (including phenoxy) is 1. The van der Waals surface area contributed by atoms with E-state index in [4.69, 9.17) is 4.74 Å². The molecule has 170 valence electrons. The fourth-order valence-corrected chi connectivity index (χ4v) is 2.81. The maximum atomic E-state index is 9.47. The van der Waals surface area contributed by atoms with Gasteiger partial charge in [0.05, 0.1) is 7.11 Å². The number of anilines is 1. The van der Waals surface area contributed by atoms with Crippen molar-refractivity contribution in [3.8, 4) is 24.3 Å². The van der Waals surface area contributed by atoms with Crippen LogP contribution in [-0.4, -0.2) is 19.3 Å². The van der Waals surface area contributed by atoms with E-state index in [0.29, 0.717) is 5.75 Å². The molecule has 2 N–H and O–H groups in total. The molecular formula is C29H37NO2. The average Bonchev–Trinajstić information content (AvgIpc) is 2.87. The molecule has 3 aromatic rings. The van der Waals surface area contributed by atoms with E-state index in [1.165, 1.54) is 11.1 Å². The number of phenolic OH excluding ortho intramolecular Hbond substituents is 1. The molecule has 0 aromatic heterocycles. The van der Waals surface area contributed by atoms with E-state index in [1.807, 2.05) is 76.3 Å². The maximum absolute atomic E-state index is 9.47. The molecule has 0 radical (unpaired) electrons. The van der Waals surface area contributed by atoms with Crippen LogP contribution in [0.2, 0.25) is 0 Å². The number of benzene rings is 3. The van der Waals surface area contributed by atoms with Crippen molar-refractivity contribution in [2.24, 2.45) is 0 Å². The smallest absolute Gasteiger partial charge is 0.118 e. The maximum Gasteiger partial charge on any atom is 0.118 e.